The minimum atomic E-state index is -0.731. The van der Waals surface area contributed by atoms with E-state index in [0.29, 0.717) is 22.6 Å². The van der Waals surface area contributed by atoms with Crippen LogP contribution in [-0.4, -0.2) is 48.1 Å². The number of aliphatic hydroxyl groups excluding tert-OH is 1. The molecule has 0 saturated carbocycles. The molecular weight excluding hydrogens is 388 g/mol. The molecule has 0 spiro atoms. The fourth-order valence-corrected chi connectivity index (χ4v) is 3.08. The number of hydrogen-bond donors (Lipinski definition) is 1. The largest absolute Gasteiger partial charge is 0.465 e. The quantitative estimate of drug-likeness (QED) is 0.459. The lowest BCUT2D eigenvalue weighted by molar-refractivity contribution is -0.141. The number of benzene rings is 1. The summed E-state index contributed by atoms with van der Waals surface area (Å²) in [4.78, 5) is 37.6. The number of imide groups is 1. The van der Waals surface area contributed by atoms with Gasteiger partial charge in [-0.05, 0) is 42.8 Å². The predicted octanol–water partition coefficient (Wildman–Crippen LogP) is 2.32. The lowest BCUT2D eigenvalue weighted by Crippen LogP contribution is -2.44. The highest BCUT2D eigenvalue weighted by Crippen LogP contribution is 2.29. The Morgan fingerprint density at radius 1 is 1.27 bits per heavy atom. The fraction of sp³-hybridized carbons (Fsp3) is 0.182. The molecule has 0 aliphatic carbocycles. The second kappa shape index (κ2) is 8.59. The van der Waals surface area contributed by atoms with Crippen molar-refractivity contribution in [2.75, 3.05) is 20.3 Å². The molecule has 8 heteroatoms. The Bertz CT molecular complexity index is 1130. The highest BCUT2D eigenvalue weighted by Gasteiger charge is 2.35. The molecule has 1 aromatic heterocycles. The molecule has 0 radical (unpaired) electrons. The van der Waals surface area contributed by atoms with Gasteiger partial charge in [0.2, 0.25) is 0 Å². The van der Waals surface area contributed by atoms with E-state index in [9.17, 15) is 19.6 Å². The van der Waals surface area contributed by atoms with Crippen LogP contribution in [0.4, 0.5) is 0 Å². The van der Waals surface area contributed by atoms with Gasteiger partial charge in [-0.1, -0.05) is 12.1 Å². The summed E-state index contributed by atoms with van der Waals surface area (Å²) in [5, 5.41) is 18.5. The molecule has 0 atom stereocenters. The smallest absolute Gasteiger partial charge is 0.337 e. The number of esters is 1. The molecule has 2 heterocycles. The summed E-state index contributed by atoms with van der Waals surface area (Å²) in [6.07, 6.45) is 1.44. The van der Waals surface area contributed by atoms with Crippen molar-refractivity contribution in [1.29, 1.82) is 5.26 Å². The first kappa shape index (κ1) is 20.8. The Balaban J connectivity index is 2.00. The standard InChI is InChI=1S/C22H18N2O6/c1-13-17(20(26)24(8-9-25)21(27)18(13)12-23)11-16-6-7-19(30-16)14-4-3-5-15(10-14)22(28)29-2/h3-7,10-11,25H,8-9H2,1-2H3/b17-11-. The average molecular weight is 406 g/mol. The van der Waals surface area contributed by atoms with Gasteiger partial charge in [-0.25, -0.2) is 4.79 Å². The maximum Gasteiger partial charge on any atom is 0.337 e. The van der Waals surface area contributed by atoms with Crippen molar-refractivity contribution in [3.63, 3.8) is 0 Å². The van der Waals surface area contributed by atoms with Gasteiger partial charge in [0.15, 0.2) is 0 Å². The topological polar surface area (TPSA) is 121 Å². The second-order valence-corrected chi connectivity index (χ2v) is 6.43. The maximum atomic E-state index is 12.7. The zero-order chi connectivity index (χ0) is 21.8. The lowest BCUT2D eigenvalue weighted by atomic mass is 9.95. The summed E-state index contributed by atoms with van der Waals surface area (Å²) in [5.74, 6) is -1.04. The van der Waals surface area contributed by atoms with Crippen LogP contribution < -0.4 is 0 Å². The van der Waals surface area contributed by atoms with Crippen LogP contribution >= 0.6 is 0 Å². The van der Waals surface area contributed by atoms with Gasteiger partial charge in [0.05, 0.1) is 25.8 Å². The van der Waals surface area contributed by atoms with Gasteiger partial charge in [0, 0.05) is 11.1 Å². The summed E-state index contributed by atoms with van der Waals surface area (Å²) in [6.45, 7) is 0.890. The van der Waals surface area contributed by atoms with Crippen LogP contribution in [0.3, 0.4) is 0 Å². The second-order valence-electron chi connectivity index (χ2n) is 6.43. The zero-order valence-corrected chi connectivity index (χ0v) is 16.3. The average Bonchev–Trinajstić information content (AvgIpc) is 3.23. The minimum absolute atomic E-state index is 0.129. The highest BCUT2D eigenvalue weighted by molar-refractivity contribution is 6.19. The van der Waals surface area contributed by atoms with Crippen molar-refractivity contribution in [2.24, 2.45) is 0 Å². The van der Waals surface area contributed by atoms with Crippen molar-refractivity contribution in [3.05, 3.63) is 64.4 Å². The monoisotopic (exact) mass is 406 g/mol. The number of carbonyl (C=O) groups is 3. The zero-order valence-electron chi connectivity index (χ0n) is 16.3. The summed E-state index contributed by atoms with van der Waals surface area (Å²) in [6, 6.07) is 11.8. The fourth-order valence-electron chi connectivity index (χ4n) is 3.08. The number of rotatable bonds is 5. The van der Waals surface area contributed by atoms with E-state index in [-0.39, 0.29) is 23.3 Å². The predicted molar refractivity (Wildman–Crippen MR) is 106 cm³/mol. The van der Waals surface area contributed by atoms with E-state index in [1.165, 1.54) is 20.1 Å². The van der Waals surface area contributed by atoms with Crippen LogP contribution in [0.1, 0.15) is 23.0 Å². The number of carbonyl (C=O) groups excluding carboxylic acids is 3. The van der Waals surface area contributed by atoms with Crippen molar-refractivity contribution in [3.8, 4) is 17.4 Å². The van der Waals surface area contributed by atoms with Crippen LogP contribution in [0.25, 0.3) is 17.4 Å². The molecule has 1 aliphatic heterocycles. The Morgan fingerprint density at radius 2 is 2.03 bits per heavy atom. The van der Waals surface area contributed by atoms with Crippen molar-refractivity contribution >= 4 is 23.9 Å². The molecule has 3 rings (SSSR count). The Kier molecular flexibility index (Phi) is 5.95. The Hall–Kier alpha value is -3.96. The molecule has 0 saturated heterocycles. The van der Waals surface area contributed by atoms with E-state index in [0.717, 1.165) is 4.90 Å². The van der Waals surface area contributed by atoms with E-state index in [2.05, 4.69) is 0 Å². The normalized spacial score (nSPS) is 15.5. The number of methoxy groups -OCH3 is 1. The third kappa shape index (κ3) is 3.79. The summed E-state index contributed by atoms with van der Waals surface area (Å²) >= 11 is 0. The van der Waals surface area contributed by atoms with E-state index >= 15 is 0 Å². The molecule has 8 nitrogen and oxygen atoms in total. The van der Waals surface area contributed by atoms with Crippen LogP contribution in [0.15, 0.2) is 57.5 Å². The minimum Gasteiger partial charge on any atom is -0.465 e. The molecule has 152 valence electrons. The van der Waals surface area contributed by atoms with Crippen molar-refractivity contribution in [2.45, 2.75) is 6.92 Å². The van der Waals surface area contributed by atoms with Gasteiger partial charge in [0.1, 0.15) is 23.2 Å². The van der Waals surface area contributed by atoms with Crippen LogP contribution in [0.5, 0.6) is 0 Å². The van der Waals surface area contributed by atoms with Crippen molar-refractivity contribution in [1.82, 2.24) is 4.90 Å². The van der Waals surface area contributed by atoms with Crippen LogP contribution in [-0.2, 0) is 14.3 Å². The number of nitrogens with zero attached hydrogens (tertiary/aromatic N) is 2. The third-order valence-electron chi connectivity index (χ3n) is 4.63. The molecule has 2 amide bonds. The number of ether oxygens (including phenoxy) is 1. The molecule has 0 bridgehead atoms. The number of nitriles is 1. The number of aliphatic hydroxyl groups is 1. The highest BCUT2D eigenvalue weighted by atomic mass is 16.5. The van der Waals surface area contributed by atoms with Crippen LogP contribution in [0, 0.1) is 11.3 Å². The molecule has 1 aromatic carbocycles. The molecule has 1 N–H and O–H groups in total. The molecular formula is C22H18N2O6. The molecule has 0 unspecified atom stereocenters. The van der Waals surface area contributed by atoms with Gasteiger partial charge in [-0.3, -0.25) is 14.5 Å². The third-order valence-corrected chi connectivity index (χ3v) is 4.63. The number of hydrogen-bond acceptors (Lipinski definition) is 7. The first-order valence-electron chi connectivity index (χ1n) is 9.00. The molecule has 0 fully saturated rings. The lowest BCUT2D eigenvalue weighted by Gasteiger charge is -2.26. The van der Waals surface area contributed by atoms with Gasteiger partial charge < -0.3 is 14.3 Å². The first-order chi connectivity index (χ1) is 14.4. The Labute approximate surface area is 172 Å². The van der Waals surface area contributed by atoms with Gasteiger partial charge in [-0.15, -0.1) is 0 Å². The molecule has 1 aliphatic rings. The molecule has 2 aromatic rings. The van der Waals surface area contributed by atoms with Crippen LogP contribution in [0.2, 0.25) is 0 Å². The van der Waals surface area contributed by atoms with Gasteiger partial charge >= 0.3 is 5.97 Å². The summed E-state index contributed by atoms with van der Waals surface area (Å²) in [7, 11) is 1.30. The van der Waals surface area contributed by atoms with E-state index < -0.39 is 24.4 Å². The van der Waals surface area contributed by atoms with Crippen molar-refractivity contribution < 1.29 is 28.6 Å². The SMILES string of the molecule is COC(=O)c1cccc(-c2ccc(/C=C3\C(=O)N(CCO)C(=O)C(C#N)=C3C)o2)c1. The summed E-state index contributed by atoms with van der Waals surface area (Å²) in [5.41, 5.74) is 1.21. The number of β-amino-alcohol motifs (C(OH)–C–C–N with tert-alkyl or cyclic N) is 1. The van der Waals surface area contributed by atoms with E-state index in [4.69, 9.17) is 14.3 Å². The van der Waals surface area contributed by atoms with E-state index in [1.807, 2.05) is 6.07 Å². The van der Waals surface area contributed by atoms with E-state index in [1.54, 1.807) is 36.4 Å². The molecule has 30 heavy (non-hydrogen) atoms. The van der Waals surface area contributed by atoms with Gasteiger partial charge in [-0.2, -0.15) is 5.26 Å². The summed E-state index contributed by atoms with van der Waals surface area (Å²) < 4.78 is 10.5. The first-order valence-corrected chi connectivity index (χ1v) is 9.00. The Morgan fingerprint density at radius 3 is 2.70 bits per heavy atom. The number of amides is 2. The maximum absolute atomic E-state index is 12.7. The number of furan rings is 1. The van der Waals surface area contributed by atoms with Gasteiger partial charge in [0.25, 0.3) is 11.8 Å².